The number of amides is 1. The first-order valence-corrected chi connectivity index (χ1v) is 7.29. The molecule has 0 saturated heterocycles. The Morgan fingerprint density at radius 1 is 1.26 bits per heavy atom. The summed E-state index contributed by atoms with van der Waals surface area (Å²) in [6.07, 6.45) is 0. The number of sulfonamides is 1. The van der Waals surface area contributed by atoms with Crippen LogP contribution in [0.4, 0.5) is 5.69 Å². The molecule has 0 aromatic heterocycles. The molecule has 19 heavy (non-hydrogen) atoms. The van der Waals surface area contributed by atoms with E-state index < -0.39 is 15.9 Å². The molecule has 1 amide bonds. The predicted octanol–water partition coefficient (Wildman–Crippen LogP) is 0.382. The number of nitrogen functional groups attached to an aromatic ring is 1. The molecule has 1 rings (SSSR count). The van der Waals surface area contributed by atoms with Crippen LogP contribution in [0.5, 0.6) is 0 Å². The van der Waals surface area contributed by atoms with Gasteiger partial charge >= 0.3 is 0 Å². The minimum atomic E-state index is -3.81. The Labute approximate surface area is 113 Å². The van der Waals surface area contributed by atoms with Crippen molar-refractivity contribution in [3.63, 3.8) is 0 Å². The number of hydrogen-bond acceptors (Lipinski definition) is 4. The second kappa shape index (κ2) is 5.58. The Bertz CT molecular complexity index is 596. The Kier molecular flexibility index (Phi) is 4.54. The maximum atomic E-state index is 12.4. The molecule has 0 unspecified atom stereocenters. The fourth-order valence-corrected chi connectivity index (χ4v) is 3.31. The predicted molar refractivity (Wildman–Crippen MR) is 74.0 cm³/mol. The zero-order chi connectivity index (χ0) is 14.8. The number of nitrogens with two attached hydrogens (primary N) is 2. The standard InChI is InChI=1S/C12H19N3O3S/c1-4-15(7-12(14)16)19(17,18)11-6-9(3)8(2)5-10(11)13/h5-6H,4,7,13H2,1-3H3,(H2,14,16). The van der Waals surface area contributed by atoms with Gasteiger partial charge < -0.3 is 11.5 Å². The Hall–Kier alpha value is -1.60. The van der Waals surface area contributed by atoms with Crippen LogP contribution in [0.1, 0.15) is 18.1 Å². The highest BCUT2D eigenvalue weighted by molar-refractivity contribution is 7.89. The lowest BCUT2D eigenvalue weighted by Crippen LogP contribution is -2.38. The van der Waals surface area contributed by atoms with Crippen LogP contribution in [-0.4, -0.2) is 31.7 Å². The van der Waals surface area contributed by atoms with Crippen LogP contribution in [0.2, 0.25) is 0 Å². The number of nitrogens with zero attached hydrogens (tertiary/aromatic N) is 1. The van der Waals surface area contributed by atoms with E-state index in [4.69, 9.17) is 11.5 Å². The van der Waals surface area contributed by atoms with Gasteiger partial charge in [0.2, 0.25) is 15.9 Å². The van der Waals surface area contributed by atoms with Crippen molar-refractivity contribution in [1.82, 2.24) is 4.31 Å². The highest BCUT2D eigenvalue weighted by Crippen LogP contribution is 2.25. The summed E-state index contributed by atoms with van der Waals surface area (Å²) in [5, 5.41) is 0. The van der Waals surface area contributed by atoms with E-state index in [0.717, 1.165) is 15.4 Å². The summed E-state index contributed by atoms with van der Waals surface area (Å²) in [4.78, 5) is 11.0. The van der Waals surface area contributed by atoms with Crippen LogP contribution in [0, 0.1) is 13.8 Å². The van der Waals surface area contributed by atoms with Crippen molar-refractivity contribution in [2.24, 2.45) is 5.73 Å². The highest BCUT2D eigenvalue weighted by atomic mass is 32.2. The lowest BCUT2D eigenvalue weighted by Gasteiger charge is -2.20. The molecule has 0 aliphatic carbocycles. The smallest absolute Gasteiger partial charge is 0.245 e. The fourth-order valence-electron chi connectivity index (χ4n) is 1.72. The monoisotopic (exact) mass is 285 g/mol. The van der Waals surface area contributed by atoms with Crippen LogP contribution in [0.15, 0.2) is 17.0 Å². The first-order valence-electron chi connectivity index (χ1n) is 5.85. The average Bonchev–Trinajstić information content (AvgIpc) is 2.30. The third-order valence-electron chi connectivity index (χ3n) is 2.93. The topological polar surface area (TPSA) is 106 Å². The Morgan fingerprint density at radius 2 is 1.79 bits per heavy atom. The van der Waals surface area contributed by atoms with Crippen LogP contribution < -0.4 is 11.5 Å². The molecule has 4 N–H and O–H groups in total. The van der Waals surface area contributed by atoms with Crippen molar-refractivity contribution in [2.75, 3.05) is 18.8 Å². The summed E-state index contributed by atoms with van der Waals surface area (Å²) >= 11 is 0. The zero-order valence-electron chi connectivity index (χ0n) is 11.3. The summed E-state index contributed by atoms with van der Waals surface area (Å²) in [5.74, 6) is -0.701. The third-order valence-corrected chi connectivity index (χ3v) is 4.91. The van der Waals surface area contributed by atoms with Gasteiger partial charge in [-0.3, -0.25) is 4.79 Å². The summed E-state index contributed by atoms with van der Waals surface area (Å²) in [5.41, 5.74) is 12.7. The molecule has 0 heterocycles. The van der Waals surface area contributed by atoms with E-state index in [9.17, 15) is 13.2 Å². The van der Waals surface area contributed by atoms with E-state index in [1.165, 1.54) is 6.07 Å². The molecule has 0 spiro atoms. The number of anilines is 1. The first kappa shape index (κ1) is 15.5. The SMILES string of the molecule is CCN(CC(N)=O)S(=O)(=O)c1cc(C)c(C)cc1N. The van der Waals surface area contributed by atoms with E-state index in [2.05, 4.69) is 0 Å². The minimum Gasteiger partial charge on any atom is -0.398 e. The lowest BCUT2D eigenvalue weighted by molar-refractivity contribution is -0.118. The average molecular weight is 285 g/mol. The number of rotatable bonds is 5. The van der Waals surface area contributed by atoms with Crippen LogP contribution >= 0.6 is 0 Å². The molecule has 0 fully saturated rings. The van der Waals surface area contributed by atoms with Crippen molar-refractivity contribution >= 4 is 21.6 Å². The van der Waals surface area contributed by atoms with Gasteiger partial charge in [0.15, 0.2) is 0 Å². The molecule has 0 atom stereocenters. The Balaban J connectivity index is 3.33. The number of carbonyl (C=O) groups excluding carboxylic acids is 1. The van der Waals surface area contributed by atoms with Gasteiger partial charge in [0.1, 0.15) is 4.90 Å². The summed E-state index contributed by atoms with van der Waals surface area (Å²) in [6, 6.07) is 3.13. The van der Waals surface area contributed by atoms with Crippen molar-refractivity contribution in [2.45, 2.75) is 25.7 Å². The van der Waals surface area contributed by atoms with Gasteiger partial charge in [-0.15, -0.1) is 0 Å². The number of aryl methyl sites for hydroxylation is 2. The number of likely N-dealkylation sites (N-methyl/N-ethyl adjacent to an activating group) is 1. The molecule has 0 radical (unpaired) electrons. The third kappa shape index (κ3) is 3.24. The summed E-state index contributed by atoms with van der Waals surface area (Å²) < 4.78 is 25.9. The first-order chi connectivity index (χ1) is 8.70. The van der Waals surface area contributed by atoms with Gasteiger partial charge in [0.25, 0.3) is 0 Å². The highest BCUT2D eigenvalue weighted by Gasteiger charge is 2.26. The lowest BCUT2D eigenvalue weighted by atomic mass is 10.1. The molecule has 0 aliphatic rings. The van der Waals surface area contributed by atoms with Crippen LogP contribution in [0.25, 0.3) is 0 Å². The molecule has 106 valence electrons. The van der Waals surface area contributed by atoms with E-state index in [-0.39, 0.29) is 23.7 Å². The summed E-state index contributed by atoms with van der Waals surface area (Å²) in [7, 11) is -3.81. The van der Waals surface area contributed by atoms with Crippen molar-refractivity contribution in [3.05, 3.63) is 23.3 Å². The van der Waals surface area contributed by atoms with Crippen molar-refractivity contribution < 1.29 is 13.2 Å². The molecule has 6 nitrogen and oxygen atoms in total. The number of hydrogen-bond donors (Lipinski definition) is 2. The maximum absolute atomic E-state index is 12.4. The molecule has 7 heteroatoms. The van der Waals surface area contributed by atoms with Gasteiger partial charge in [-0.1, -0.05) is 6.92 Å². The van der Waals surface area contributed by atoms with E-state index in [1.54, 1.807) is 19.9 Å². The van der Waals surface area contributed by atoms with Gasteiger partial charge in [-0.25, -0.2) is 8.42 Å². The van der Waals surface area contributed by atoms with Crippen molar-refractivity contribution in [3.8, 4) is 0 Å². The number of benzene rings is 1. The van der Waals surface area contributed by atoms with Gasteiger partial charge in [-0.05, 0) is 37.1 Å². The molecular formula is C12H19N3O3S. The van der Waals surface area contributed by atoms with E-state index >= 15 is 0 Å². The summed E-state index contributed by atoms with van der Waals surface area (Å²) in [6.45, 7) is 5.09. The molecule has 0 bridgehead atoms. The molecule has 0 aliphatic heterocycles. The normalized spacial score (nSPS) is 11.8. The van der Waals surface area contributed by atoms with E-state index in [1.807, 2.05) is 6.92 Å². The van der Waals surface area contributed by atoms with Gasteiger partial charge in [0.05, 0.1) is 12.2 Å². The minimum absolute atomic E-state index is 0.0127. The molecule has 1 aromatic carbocycles. The van der Waals surface area contributed by atoms with E-state index in [0.29, 0.717) is 0 Å². The van der Waals surface area contributed by atoms with Gasteiger partial charge in [0, 0.05) is 6.54 Å². The van der Waals surface area contributed by atoms with Crippen molar-refractivity contribution in [1.29, 1.82) is 0 Å². The molecule has 1 aromatic rings. The zero-order valence-corrected chi connectivity index (χ0v) is 12.1. The quantitative estimate of drug-likeness (QED) is 0.763. The largest absolute Gasteiger partial charge is 0.398 e. The molecule has 0 saturated carbocycles. The fraction of sp³-hybridized carbons (Fsp3) is 0.417. The van der Waals surface area contributed by atoms with Crippen LogP contribution in [0.3, 0.4) is 0 Å². The molecular weight excluding hydrogens is 266 g/mol. The number of primary amides is 1. The second-order valence-electron chi connectivity index (χ2n) is 4.37. The second-order valence-corrected chi connectivity index (χ2v) is 6.28. The van der Waals surface area contributed by atoms with Crippen LogP contribution in [-0.2, 0) is 14.8 Å². The number of carbonyl (C=O) groups is 1. The maximum Gasteiger partial charge on any atom is 0.245 e. The Morgan fingerprint density at radius 3 is 2.26 bits per heavy atom. The van der Waals surface area contributed by atoms with Gasteiger partial charge in [-0.2, -0.15) is 4.31 Å².